The number of alkyl halides is 3. The Morgan fingerprint density at radius 3 is 2.31 bits per heavy atom. The summed E-state index contributed by atoms with van der Waals surface area (Å²) in [6.07, 6.45) is -4.91. The SMILES string of the molecule is C=CC(=O)N[C@](O)(C(=O)OCC)C(F)(F)F. The van der Waals surface area contributed by atoms with Crippen molar-refractivity contribution in [1.82, 2.24) is 5.32 Å². The molecule has 0 fully saturated rings. The summed E-state index contributed by atoms with van der Waals surface area (Å²) < 4.78 is 41.1. The van der Waals surface area contributed by atoms with Crippen LogP contribution in [-0.4, -0.2) is 35.5 Å². The predicted octanol–water partition coefficient (Wildman–Crippen LogP) is 0.103. The first kappa shape index (κ1) is 14.4. The fourth-order valence-electron chi connectivity index (χ4n) is 0.702. The van der Waals surface area contributed by atoms with Crippen LogP contribution >= 0.6 is 0 Å². The lowest BCUT2D eigenvalue weighted by Gasteiger charge is -2.28. The van der Waals surface area contributed by atoms with E-state index in [1.165, 1.54) is 6.92 Å². The fourth-order valence-corrected chi connectivity index (χ4v) is 0.702. The second-order valence-corrected chi connectivity index (χ2v) is 2.62. The zero-order chi connectivity index (χ0) is 13.0. The molecule has 2 N–H and O–H groups in total. The van der Waals surface area contributed by atoms with Gasteiger partial charge < -0.3 is 15.2 Å². The van der Waals surface area contributed by atoms with Crippen LogP contribution in [0, 0.1) is 0 Å². The number of rotatable bonds is 4. The van der Waals surface area contributed by atoms with Crippen LogP contribution in [0.1, 0.15) is 6.92 Å². The summed E-state index contributed by atoms with van der Waals surface area (Å²) in [5, 5.41) is 10.1. The number of carbonyl (C=O) groups is 2. The highest BCUT2D eigenvalue weighted by Gasteiger charge is 2.62. The maximum absolute atomic E-state index is 12.4. The van der Waals surface area contributed by atoms with E-state index in [1.807, 2.05) is 0 Å². The van der Waals surface area contributed by atoms with E-state index in [9.17, 15) is 22.8 Å². The molecule has 0 aliphatic heterocycles. The van der Waals surface area contributed by atoms with Gasteiger partial charge in [-0.05, 0) is 13.0 Å². The van der Waals surface area contributed by atoms with Gasteiger partial charge in [-0.3, -0.25) is 4.79 Å². The van der Waals surface area contributed by atoms with Crippen molar-refractivity contribution in [3.8, 4) is 0 Å². The molecule has 0 unspecified atom stereocenters. The van der Waals surface area contributed by atoms with E-state index in [-0.39, 0.29) is 6.61 Å². The number of carbonyl (C=O) groups excluding carboxylic acids is 2. The first-order chi connectivity index (χ1) is 7.19. The quantitative estimate of drug-likeness (QED) is 0.416. The van der Waals surface area contributed by atoms with E-state index in [0.717, 1.165) is 5.32 Å². The Morgan fingerprint density at radius 1 is 1.50 bits per heavy atom. The molecule has 0 spiro atoms. The Kier molecular flexibility index (Phi) is 4.48. The first-order valence-electron chi connectivity index (χ1n) is 4.10. The normalized spacial score (nSPS) is 14.8. The molecule has 8 heteroatoms. The minimum Gasteiger partial charge on any atom is -0.462 e. The standard InChI is InChI=1S/C8H10F3NO4/c1-3-5(13)12-7(15,8(9,10)11)6(14)16-4-2/h3,15H,1,4H2,2H3,(H,12,13)/t7-/m0/s1. The van der Waals surface area contributed by atoms with Gasteiger partial charge in [0.1, 0.15) is 0 Å². The Balaban J connectivity index is 5.11. The van der Waals surface area contributed by atoms with Gasteiger partial charge in [-0.2, -0.15) is 13.2 Å². The van der Waals surface area contributed by atoms with Crippen molar-refractivity contribution in [3.05, 3.63) is 12.7 Å². The third-order valence-electron chi connectivity index (χ3n) is 1.47. The smallest absolute Gasteiger partial charge is 0.448 e. The molecule has 5 nitrogen and oxygen atoms in total. The Bertz CT molecular complexity index is 302. The van der Waals surface area contributed by atoms with E-state index in [1.54, 1.807) is 0 Å². The molecule has 16 heavy (non-hydrogen) atoms. The van der Waals surface area contributed by atoms with Gasteiger partial charge in [0.2, 0.25) is 5.91 Å². The molecule has 92 valence electrons. The molecular weight excluding hydrogens is 231 g/mol. The summed E-state index contributed by atoms with van der Waals surface area (Å²) in [6.45, 7) is 3.77. The van der Waals surface area contributed by atoms with Gasteiger partial charge in [0.05, 0.1) is 6.61 Å². The summed E-state index contributed by atoms with van der Waals surface area (Å²) in [5.41, 5.74) is -4.06. The van der Waals surface area contributed by atoms with Crippen molar-refractivity contribution in [3.63, 3.8) is 0 Å². The fraction of sp³-hybridized carbons (Fsp3) is 0.500. The van der Waals surface area contributed by atoms with Gasteiger partial charge in [0.15, 0.2) is 0 Å². The zero-order valence-corrected chi connectivity index (χ0v) is 8.30. The van der Waals surface area contributed by atoms with Gasteiger partial charge in [0, 0.05) is 0 Å². The summed E-state index contributed by atoms with van der Waals surface area (Å²) >= 11 is 0. The summed E-state index contributed by atoms with van der Waals surface area (Å²) in [5.74, 6) is -3.36. The number of halogens is 3. The van der Waals surface area contributed by atoms with Gasteiger partial charge in [-0.15, -0.1) is 0 Å². The third-order valence-corrected chi connectivity index (χ3v) is 1.47. The minimum absolute atomic E-state index is 0.374. The van der Waals surface area contributed by atoms with Crippen LogP contribution in [0.15, 0.2) is 12.7 Å². The Labute approximate surface area is 88.9 Å². The molecule has 0 radical (unpaired) electrons. The van der Waals surface area contributed by atoms with Gasteiger partial charge in [-0.25, -0.2) is 4.79 Å². The lowest BCUT2D eigenvalue weighted by Crippen LogP contribution is -2.64. The van der Waals surface area contributed by atoms with Crippen LogP contribution < -0.4 is 5.32 Å². The lowest BCUT2D eigenvalue weighted by atomic mass is 10.2. The summed E-state index contributed by atoms with van der Waals surface area (Å²) in [7, 11) is 0. The highest BCUT2D eigenvalue weighted by Crippen LogP contribution is 2.29. The molecule has 0 aromatic rings. The van der Waals surface area contributed by atoms with Gasteiger partial charge in [-0.1, -0.05) is 6.58 Å². The number of esters is 1. The molecule has 1 amide bonds. The number of amides is 1. The molecule has 1 atom stereocenters. The highest BCUT2D eigenvalue weighted by molar-refractivity contribution is 5.92. The van der Waals surface area contributed by atoms with Crippen LogP contribution in [0.5, 0.6) is 0 Å². The van der Waals surface area contributed by atoms with E-state index in [0.29, 0.717) is 6.08 Å². The average Bonchev–Trinajstić information content (AvgIpc) is 2.16. The van der Waals surface area contributed by atoms with Crippen LogP contribution in [0.25, 0.3) is 0 Å². The van der Waals surface area contributed by atoms with Crippen molar-refractivity contribution >= 4 is 11.9 Å². The van der Waals surface area contributed by atoms with Crippen LogP contribution in [0.3, 0.4) is 0 Å². The predicted molar refractivity (Wildman–Crippen MR) is 46.0 cm³/mol. The van der Waals surface area contributed by atoms with Crippen molar-refractivity contribution in [2.45, 2.75) is 18.8 Å². The van der Waals surface area contributed by atoms with Crippen molar-refractivity contribution < 1.29 is 32.6 Å². The maximum Gasteiger partial charge on any atom is 0.448 e. The second-order valence-electron chi connectivity index (χ2n) is 2.62. The molecule has 0 saturated heterocycles. The van der Waals surface area contributed by atoms with E-state index in [2.05, 4.69) is 11.3 Å². The highest BCUT2D eigenvalue weighted by atomic mass is 19.4. The maximum atomic E-state index is 12.4. The molecule has 0 saturated carbocycles. The monoisotopic (exact) mass is 241 g/mol. The molecular formula is C8H10F3NO4. The topological polar surface area (TPSA) is 75.6 Å². The Hall–Kier alpha value is -1.57. The molecule has 0 aromatic heterocycles. The van der Waals surface area contributed by atoms with Crippen molar-refractivity contribution in [2.24, 2.45) is 0 Å². The molecule has 0 aliphatic carbocycles. The van der Waals surface area contributed by atoms with Crippen molar-refractivity contribution in [1.29, 1.82) is 0 Å². The molecule has 0 rings (SSSR count). The van der Waals surface area contributed by atoms with Crippen LogP contribution in [0.4, 0.5) is 13.2 Å². The summed E-state index contributed by atoms with van der Waals surface area (Å²) in [4.78, 5) is 21.6. The number of hydrogen-bond donors (Lipinski definition) is 2. The molecule has 0 heterocycles. The van der Waals surface area contributed by atoms with E-state index < -0.39 is 23.8 Å². The van der Waals surface area contributed by atoms with Gasteiger partial charge >= 0.3 is 17.9 Å². The number of hydrogen-bond acceptors (Lipinski definition) is 4. The molecule has 0 aliphatic rings. The van der Waals surface area contributed by atoms with Crippen molar-refractivity contribution in [2.75, 3.05) is 6.61 Å². The molecule has 0 bridgehead atoms. The number of aliphatic hydroxyl groups is 1. The zero-order valence-electron chi connectivity index (χ0n) is 8.30. The average molecular weight is 241 g/mol. The Morgan fingerprint density at radius 2 is 2.00 bits per heavy atom. The largest absolute Gasteiger partial charge is 0.462 e. The van der Waals surface area contributed by atoms with Crippen LogP contribution in [-0.2, 0) is 14.3 Å². The van der Waals surface area contributed by atoms with E-state index >= 15 is 0 Å². The third kappa shape index (κ3) is 2.96. The van der Waals surface area contributed by atoms with E-state index in [4.69, 9.17) is 5.11 Å². The summed E-state index contributed by atoms with van der Waals surface area (Å²) in [6, 6.07) is 0. The number of nitrogens with one attached hydrogen (secondary N) is 1. The lowest BCUT2D eigenvalue weighted by molar-refractivity contribution is -0.271. The first-order valence-corrected chi connectivity index (χ1v) is 4.10. The number of ether oxygens (including phenoxy) is 1. The van der Waals surface area contributed by atoms with Crippen LogP contribution in [0.2, 0.25) is 0 Å². The minimum atomic E-state index is -5.39. The van der Waals surface area contributed by atoms with Gasteiger partial charge in [0.25, 0.3) is 0 Å². The second kappa shape index (κ2) is 4.97. The molecule has 0 aromatic carbocycles.